The highest BCUT2D eigenvalue weighted by molar-refractivity contribution is 5.94. The van der Waals surface area contributed by atoms with Gasteiger partial charge >= 0.3 is 0 Å². The van der Waals surface area contributed by atoms with E-state index in [1.165, 1.54) is 30.3 Å². The molecule has 1 saturated heterocycles. The van der Waals surface area contributed by atoms with E-state index >= 15 is 0 Å². The fourth-order valence-corrected chi connectivity index (χ4v) is 4.08. The third-order valence-electron chi connectivity index (χ3n) is 5.93. The Morgan fingerprint density at radius 3 is 2.41 bits per heavy atom. The van der Waals surface area contributed by atoms with Gasteiger partial charge in [-0.15, -0.1) is 0 Å². The normalized spacial score (nSPS) is 16.5. The minimum absolute atomic E-state index is 0.0572. The van der Waals surface area contributed by atoms with Crippen LogP contribution in [0.5, 0.6) is 5.75 Å². The van der Waals surface area contributed by atoms with E-state index in [0.717, 1.165) is 5.56 Å². The number of amides is 2. The highest BCUT2D eigenvalue weighted by Crippen LogP contribution is 2.23. The van der Waals surface area contributed by atoms with Crippen LogP contribution < -0.4 is 10.1 Å². The summed E-state index contributed by atoms with van der Waals surface area (Å²) in [5.41, 5.74) is 1.23. The molecule has 176 valence electrons. The number of carbonyl (C=O) groups excluding carboxylic acids is 2. The molecule has 0 spiro atoms. The van der Waals surface area contributed by atoms with Crippen molar-refractivity contribution in [3.05, 3.63) is 102 Å². The maximum absolute atomic E-state index is 14.0. The van der Waals surface area contributed by atoms with E-state index in [1.54, 1.807) is 23.1 Å². The van der Waals surface area contributed by atoms with Gasteiger partial charge in [0.15, 0.2) is 11.6 Å². The van der Waals surface area contributed by atoms with Crippen molar-refractivity contribution >= 4 is 11.8 Å². The molecule has 1 N–H and O–H groups in total. The van der Waals surface area contributed by atoms with Crippen molar-refractivity contribution in [3.8, 4) is 5.75 Å². The van der Waals surface area contributed by atoms with Crippen molar-refractivity contribution < 1.29 is 23.1 Å². The Hall–Kier alpha value is -3.74. The minimum Gasteiger partial charge on any atom is -0.488 e. The SMILES string of the molecule is O=C(NC(COc1ccccc1F)c1ccccc1)C1CCCN(C(=O)c2ccc(F)cc2)C1. The lowest BCUT2D eigenvalue weighted by molar-refractivity contribution is -0.127. The first-order valence-electron chi connectivity index (χ1n) is 11.3. The van der Waals surface area contributed by atoms with E-state index in [2.05, 4.69) is 5.32 Å². The molecule has 0 radical (unpaired) electrons. The summed E-state index contributed by atoms with van der Waals surface area (Å²) in [5, 5.41) is 3.03. The number of halogens is 2. The lowest BCUT2D eigenvalue weighted by Gasteiger charge is -2.33. The largest absolute Gasteiger partial charge is 0.488 e. The summed E-state index contributed by atoms with van der Waals surface area (Å²) in [4.78, 5) is 27.6. The van der Waals surface area contributed by atoms with Gasteiger partial charge in [-0.1, -0.05) is 42.5 Å². The van der Waals surface area contributed by atoms with E-state index in [9.17, 15) is 18.4 Å². The van der Waals surface area contributed by atoms with Gasteiger partial charge in [-0.05, 0) is 54.8 Å². The van der Waals surface area contributed by atoms with E-state index in [-0.39, 0.29) is 30.7 Å². The number of para-hydroxylation sites is 1. The van der Waals surface area contributed by atoms with Gasteiger partial charge in [0.2, 0.25) is 5.91 Å². The molecule has 4 rings (SSSR count). The van der Waals surface area contributed by atoms with Crippen molar-refractivity contribution in [2.45, 2.75) is 18.9 Å². The molecular formula is C27H26F2N2O3. The zero-order valence-corrected chi connectivity index (χ0v) is 18.6. The van der Waals surface area contributed by atoms with E-state index < -0.39 is 23.6 Å². The quantitative estimate of drug-likeness (QED) is 0.549. The fraction of sp³-hybridized carbons (Fsp3) is 0.259. The summed E-state index contributed by atoms with van der Waals surface area (Å²) >= 11 is 0. The smallest absolute Gasteiger partial charge is 0.253 e. The summed E-state index contributed by atoms with van der Waals surface area (Å²) in [7, 11) is 0. The van der Waals surface area contributed by atoms with Gasteiger partial charge in [-0.2, -0.15) is 0 Å². The number of hydrogen-bond donors (Lipinski definition) is 1. The van der Waals surface area contributed by atoms with Gasteiger partial charge in [-0.25, -0.2) is 8.78 Å². The second-order valence-electron chi connectivity index (χ2n) is 8.31. The first-order valence-corrected chi connectivity index (χ1v) is 11.3. The molecule has 34 heavy (non-hydrogen) atoms. The second-order valence-corrected chi connectivity index (χ2v) is 8.31. The van der Waals surface area contributed by atoms with Gasteiger partial charge in [0.1, 0.15) is 12.4 Å². The molecule has 0 bridgehead atoms. The molecular weight excluding hydrogens is 438 g/mol. The zero-order valence-electron chi connectivity index (χ0n) is 18.6. The van der Waals surface area contributed by atoms with Gasteiger partial charge in [0.05, 0.1) is 12.0 Å². The van der Waals surface area contributed by atoms with Gasteiger partial charge in [0, 0.05) is 18.7 Å². The summed E-state index contributed by atoms with van der Waals surface area (Å²) in [6, 6.07) is 20.4. The molecule has 2 atom stereocenters. The lowest BCUT2D eigenvalue weighted by atomic mass is 9.95. The van der Waals surface area contributed by atoms with Gasteiger partial charge < -0.3 is 15.0 Å². The van der Waals surface area contributed by atoms with Crippen LogP contribution in [0.1, 0.15) is 34.8 Å². The zero-order chi connectivity index (χ0) is 23.9. The van der Waals surface area contributed by atoms with Crippen molar-refractivity contribution in [2.75, 3.05) is 19.7 Å². The van der Waals surface area contributed by atoms with E-state index in [1.807, 2.05) is 30.3 Å². The number of carbonyl (C=O) groups is 2. The van der Waals surface area contributed by atoms with Crippen LogP contribution in [0.4, 0.5) is 8.78 Å². The van der Waals surface area contributed by atoms with Crippen LogP contribution in [-0.2, 0) is 4.79 Å². The standard InChI is InChI=1S/C27H26F2N2O3/c28-22-14-12-20(13-15-22)27(33)31-16-6-9-21(17-31)26(32)30-24(19-7-2-1-3-8-19)18-34-25-11-5-4-10-23(25)29/h1-5,7-8,10-15,21,24H,6,9,16-18H2,(H,30,32). The second kappa shape index (κ2) is 10.9. The Morgan fingerprint density at radius 2 is 1.68 bits per heavy atom. The Kier molecular flexibility index (Phi) is 7.52. The van der Waals surface area contributed by atoms with Crippen molar-refractivity contribution in [3.63, 3.8) is 0 Å². The molecule has 0 saturated carbocycles. The third kappa shape index (κ3) is 5.78. The number of nitrogens with one attached hydrogen (secondary N) is 1. The monoisotopic (exact) mass is 464 g/mol. The molecule has 3 aromatic rings. The number of ether oxygens (including phenoxy) is 1. The molecule has 1 aliphatic heterocycles. The predicted molar refractivity (Wildman–Crippen MR) is 124 cm³/mol. The Labute approximate surface area is 197 Å². The molecule has 1 heterocycles. The van der Waals surface area contributed by atoms with Crippen molar-refractivity contribution in [1.82, 2.24) is 10.2 Å². The maximum atomic E-state index is 14.0. The van der Waals surface area contributed by atoms with Crippen LogP contribution in [0.3, 0.4) is 0 Å². The van der Waals surface area contributed by atoms with Crippen LogP contribution in [-0.4, -0.2) is 36.4 Å². The highest BCUT2D eigenvalue weighted by Gasteiger charge is 2.30. The molecule has 3 aromatic carbocycles. The molecule has 2 amide bonds. The fourth-order valence-electron chi connectivity index (χ4n) is 4.08. The molecule has 5 nitrogen and oxygen atoms in total. The summed E-state index contributed by atoms with van der Waals surface area (Å²) < 4.78 is 32.9. The first-order chi connectivity index (χ1) is 16.5. The Bertz CT molecular complexity index is 1120. The molecule has 2 unspecified atom stereocenters. The molecule has 1 fully saturated rings. The molecule has 7 heteroatoms. The predicted octanol–water partition coefficient (Wildman–Crippen LogP) is 4.75. The average Bonchev–Trinajstić information content (AvgIpc) is 2.88. The lowest BCUT2D eigenvalue weighted by Crippen LogP contribution is -2.46. The average molecular weight is 465 g/mol. The molecule has 0 aliphatic carbocycles. The van der Waals surface area contributed by atoms with Crippen molar-refractivity contribution in [1.29, 1.82) is 0 Å². The van der Waals surface area contributed by atoms with Gasteiger partial charge in [0.25, 0.3) is 5.91 Å². The van der Waals surface area contributed by atoms with Gasteiger partial charge in [-0.3, -0.25) is 9.59 Å². The number of piperidine rings is 1. The molecule has 0 aromatic heterocycles. The van der Waals surface area contributed by atoms with Crippen LogP contribution >= 0.6 is 0 Å². The minimum atomic E-state index is -0.489. The Morgan fingerprint density at radius 1 is 0.971 bits per heavy atom. The highest BCUT2D eigenvalue weighted by atomic mass is 19.1. The van der Waals surface area contributed by atoms with Crippen LogP contribution in [0.2, 0.25) is 0 Å². The number of hydrogen-bond acceptors (Lipinski definition) is 3. The summed E-state index contributed by atoms with van der Waals surface area (Å²) in [6.45, 7) is 0.873. The van der Waals surface area contributed by atoms with Crippen molar-refractivity contribution in [2.24, 2.45) is 5.92 Å². The summed E-state index contributed by atoms with van der Waals surface area (Å²) in [6.07, 6.45) is 1.33. The molecule has 1 aliphatic rings. The van der Waals surface area contributed by atoms with E-state index in [4.69, 9.17) is 4.74 Å². The number of rotatable bonds is 7. The number of likely N-dealkylation sites (tertiary alicyclic amines) is 1. The topological polar surface area (TPSA) is 58.6 Å². The van der Waals surface area contributed by atoms with Crippen LogP contribution in [0.15, 0.2) is 78.9 Å². The first kappa shape index (κ1) is 23.4. The summed E-state index contributed by atoms with van der Waals surface area (Å²) in [5.74, 6) is -1.56. The van der Waals surface area contributed by atoms with Crippen LogP contribution in [0.25, 0.3) is 0 Å². The maximum Gasteiger partial charge on any atom is 0.253 e. The number of benzene rings is 3. The Balaban J connectivity index is 1.43. The number of nitrogens with zero attached hydrogens (tertiary/aromatic N) is 1. The third-order valence-corrected chi connectivity index (χ3v) is 5.93. The van der Waals surface area contributed by atoms with E-state index in [0.29, 0.717) is 24.9 Å². The van der Waals surface area contributed by atoms with Crippen LogP contribution in [0, 0.1) is 17.6 Å².